The van der Waals surface area contributed by atoms with E-state index in [-0.39, 0.29) is 23.0 Å². The quantitative estimate of drug-likeness (QED) is 0.593. The summed E-state index contributed by atoms with van der Waals surface area (Å²) in [6.45, 7) is 11.8. The van der Waals surface area contributed by atoms with E-state index in [1.807, 2.05) is 37.3 Å². The lowest BCUT2D eigenvalue weighted by Gasteiger charge is -2.46. The van der Waals surface area contributed by atoms with Crippen LogP contribution in [0.5, 0.6) is 0 Å². The molecule has 3 aromatic rings. The van der Waals surface area contributed by atoms with Crippen molar-refractivity contribution in [3.63, 3.8) is 0 Å². The highest BCUT2D eigenvalue weighted by molar-refractivity contribution is 5.89. The third-order valence-electron chi connectivity index (χ3n) is 7.13. The molecule has 0 bridgehead atoms. The Balaban J connectivity index is 1.75. The van der Waals surface area contributed by atoms with Crippen LogP contribution in [0.1, 0.15) is 38.1 Å². The number of fused-ring (bicyclic) bond motifs is 3. The number of benzene rings is 1. The van der Waals surface area contributed by atoms with Gasteiger partial charge in [-0.15, -0.1) is 0 Å². The molecule has 0 saturated heterocycles. The molecular weight excluding hydrogens is 372 g/mol. The molecular formula is C25H24N4O. The van der Waals surface area contributed by atoms with Gasteiger partial charge >= 0.3 is 0 Å². The minimum absolute atomic E-state index is 0.104. The van der Waals surface area contributed by atoms with Crippen molar-refractivity contribution in [2.45, 2.75) is 44.6 Å². The molecule has 2 heterocycles. The molecule has 2 aliphatic rings. The van der Waals surface area contributed by atoms with E-state index in [0.29, 0.717) is 6.42 Å². The van der Waals surface area contributed by atoms with Gasteiger partial charge in [-0.25, -0.2) is 11.6 Å². The number of nitrogens with zero attached hydrogens (tertiary/aromatic N) is 4. The second-order valence-corrected chi connectivity index (χ2v) is 8.74. The summed E-state index contributed by atoms with van der Waals surface area (Å²) in [6, 6.07) is 13.7. The van der Waals surface area contributed by atoms with Crippen molar-refractivity contribution in [1.82, 2.24) is 14.5 Å². The smallest absolute Gasteiger partial charge is 0.282 e. The molecule has 0 spiro atoms. The fourth-order valence-electron chi connectivity index (χ4n) is 5.64. The van der Waals surface area contributed by atoms with Gasteiger partial charge in [0.15, 0.2) is 0 Å². The van der Waals surface area contributed by atoms with Crippen molar-refractivity contribution in [2.75, 3.05) is 0 Å². The molecule has 1 aromatic carbocycles. The van der Waals surface area contributed by atoms with Gasteiger partial charge in [0.2, 0.25) is 5.78 Å². The number of aromatic nitrogens is 3. The Kier molecular flexibility index (Phi) is 4.32. The third-order valence-corrected chi connectivity index (χ3v) is 7.13. The molecule has 5 rings (SSSR count). The summed E-state index contributed by atoms with van der Waals surface area (Å²) >= 11 is 0. The van der Waals surface area contributed by atoms with Crippen LogP contribution in [0.25, 0.3) is 21.9 Å². The van der Waals surface area contributed by atoms with Gasteiger partial charge in [-0.1, -0.05) is 32.0 Å². The number of rotatable bonds is 2. The van der Waals surface area contributed by atoms with Crippen molar-refractivity contribution >= 4 is 5.78 Å². The summed E-state index contributed by atoms with van der Waals surface area (Å²) in [5, 5.41) is 0. The minimum Gasteiger partial charge on any atom is -0.305 e. The Bertz CT molecular complexity index is 1150. The number of pyridine rings is 1. The van der Waals surface area contributed by atoms with E-state index in [9.17, 15) is 4.79 Å². The van der Waals surface area contributed by atoms with E-state index in [1.165, 1.54) is 5.69 Å². The lowest BCUT2D eigenvalue weighted by molar-refractivity contribution is -0.129. The molecule has 5 nitrogen and oxygen atoms in total. The van der Waals surface area contributed by atoms with Crippen LogP contribution in [0.15, 0.2) is 54.9 Å². The van der Waals surface area contributed by atoms with Gasteiger partial charge in [-0.05, 0) is 43.0 Å². The summed E-state index contributed by atoms with van der Waals surface area (Å²) in [5.74, 6) is 1.12. The van der Waals surface area contributed by atoms with Crippen molar-refractivity contribution in [2.24, 2.45) is 11.8 Å². The Morgan fingerprint density at radius 1 is 1.17 bits per heavy atom. The molecule has 1 saturated carbocycles. The summed E-state index contributed by atoms with van der Waals surface area (Å²) in [5.41, 5.74) is 4.09. The first-order valence-electron chi connectivity index (χ1n) is 10.5. The number of hydrogen-bond donors (Lipinski definition) is 0. The van der Waals surface area contributed by atoms with Gasteiger partial charge in [0.1, 0.15) is 5.82 Å². The number of carbonyl (C=O) groups is 1. The first-order chi connectivity index (χ1) is 14.5. The molecule has 0 amide bonds. The van der Waals surface area contributed by atoms with E-state index in [2.05, 4.69) is 33.5 Å². The van der Waals surface area contributed by atoms with Crippen LogP contribution < -0.4 is 0 Å². The van der Waals surface area contributed by atoms with E-state index in [4.69, 9.17) is 11.6 Å². The summed E-state index contributed by atoms with van der Waals surface area (Å²) in [6.07, 6.45) is 5.95. The SMILES string of the molecule is [C-]#[N+]C1C[C@]2(C)c3nc(-c4ccncc4)n(-c4ccccc4)c3CC[C@H]2[C@H](C)C1=O. The Morgan fingerprint density at radius 2 is 1.90 bits per heavy atom. The predicted molar refractivity (Wildman–Crippen MR) is 115 cm³/mol. The fraction of sp³-hybridized carbons (Fsp3) is 0.360. The number of para-hydroxylation sites is 1. The largest absolute Gasteiger partial charge is 0.305 e. The number of ketones is 1. The minimum atomic E-state index is -0.571. The number of Topliss-reactive ketones (excluding diaryl/α,β-unsaturated/α-hetero) is 1. The molecule has 1 unspecified atom stereocenters. The molecule has 150 valence electrons. The highest BCUT2D eigenvalue weighted by Crippen LogP contribution is 2.52. The number of carbonyl (C=O) groups excluding carboxylic acids is 1. The number of imidazole rings is 1. The Hall–Kier alpha value is -3.26. The molecule has 1 fully saturated rings. The van der Waals surface area contributed by atoms with Crippen LogP contribution in [0.4, 0.5) is 0 Å². The Labute approximate surface area is 176 Å². The monoisotopic (exact) mass is 396 g/mol. The second kappa shape index (κ2) is 6.91. The van der Waals surface area contributed by atoms with Gasteiger partial charge < -0.3 is 4.85 Å². The van der Waals surface area contributed by atoms with Crippen LogP contribution in [0.2, 0.25) is 0 Å². The van der Waals surface area contributed by atoms with Crippen LogP contribution in [-0.4, -0.2) is 26.4 Å². The van der Waals surface area contributed by atoms with Gasteiger partial charge in [0.05, 0.1) is 5.69 Å². The van der Waals surface area contributed by atoms with Crippen molar-refractivity contribution in [1.29, 1.82) is 0 Å². The summed E-state index contributed by atoms with van der Waals surface area (Å²) in [7, 11) is 0. The van der Waals surface area contributed by atoms with E-state index >= 15 is 0 Å². The topological polar surface area (TPSA) is 52.1 Å². The average Bonchev–Trinajstić information content (AvgIpc) is 3.18. The maximum Gasteiger partial charge on any atom is 0.282 e. The molecule has 0 radical (unpaired) electrons. The zero-order valence-electron chi connectivity index (χ0n) is 17.2. The lowest BCUT2D eigenvalue weighted by Crippen LogP contribution is -2.51. The maximum atomic E-state index is 12.7. The van der Waals surface area contributed by atoms with Crippen molar-refractivity contribution in [3.8, 4) is 17.1 Å². The van der Waals surface area contributed by atoms with Gasteiger partial charge in [-0.2, -0.15) is 0 Å². The zero-order valence-corrected chi connectivity index (χ0v) is 17.2. The van der Waals surface area contributed by atoms with Crippen LogP contribution in [-0.2, 0) is 16.6 Å². The molecule has 30 heavy (non-hydrogen) atoms. The van der Waals surface area contributed by atoms with E-state index in [1.54, 1.807) is 12.4 Å². The van der Waals surface area contributed by atoms with Crippen LogP contribution in [0.3, 0.4) is 0 Å². The van der Waals surface area contributed by atoms with Gasteiger partial charge in [-0.3, -0.25) is 14.3 Å². The molecule has 0 N–H and O–H groups in total. The van der Waals surface area contributed by atoms with Gasteiger partial charge in [0.25, 0.3) is 6.04 Å². The average molecular weight is 396 g/mol. The third kappa shape index (κ3) is 2.64. The molecule has 0 aliphatic heterocycles. The van der Waals surface area contributed by atoms with E-state index in [0.717, 1.165) is 35.6 Å². The maximum absolute atomic E-state index is 12.7. The second-order valence-electron chi connectivity index (χ2n) is 8.74. The normalized spacial score (nSPS) is 27.8. The fourth-order valence-corrected chi connectivity index (χ4v) is 5.64. The van der Waals surface area contributed by atoms with Crippen molar-refractivity contribution < 1.29 is 4.79 Å². The summed E-state index contributed by atoms with van der Waals surface area (Å²) < 4.78 is 2.26. The first-order valence-corrected chi connectivity index (χ1v) is 10.5. The van der Waals surface area contributed by atoms with Crippen LogP contribution >= 0.6 is 0 Å². The molecule has 2 aromatic heterocycles. The Morgan fingerprint density at radius 3 is 2.60 bits per heavy atom. The lowest BCUT2D eigenvalue weighted by atomic mass is 9.56. The summed E-state index contributed by atoms with van der Waals surface area (Å²) in [4.78, 5) is 25.8. The first kappa shape index (κ1) is 18.7. The molecule has 2 aliphatic carbocycles. The number of hydrogen-bond acceptors (Lipinski definition) is 3. The predicted octanol–water partition coefficient (Wildman–Crippen LogP) is 4.65. The van der Waals surface area contributed by atoms with Gasteiger partial charge in [0, 0.05) is 47.1 Å². The standard InChI is InChI=1S/C25H24N4O/c1-16-19-9-10-21-23(25(19,2)15-20(26-3)22(16)30)28-24(17-11-13-27-14-12-17)29(21)18-7-5-4-6-8-18/h4-8,11-14,16,19-20H,9-10,15H2,1-2H3/t16-,19-,20?,25-/m0/s1. The van der Waals surface area contributed by atoms with Crippen molar-refractivity contribution in [3.05, 3.63) is 77.7 Å². The highest BCUT2D eigenvalue weighted by Gasteiger charge is 2.56. The zero-order chi connectivity index (χ0) is 20.9. The molecule has 4 atom stereocenters. The molecule has 5 heteroatoms. The van der Waals surface area contributed by atoms with Crippen LogP contribution in [0, 0.1) is 18.4 Å². The highest BCUT2D eigenvalue weighted by atomic mass is 16.1. The van der Waals surface area contributed by atoms with E-state index < -0.39 is 6.04 Å².